The topological polar surface area (TPSA) is 44.8 Å². The summed E-state index contributed by atoms with van der Waals surface area (Å²) in [6, 6.07) is 0. The van der Waals surface area contributed by atoms with Gasteiger partial charge in [-0.2, -0.15) is 12.6 Å². The molecule has 0 aliphatic heterocycles. The zero-order chi connectivity index (χ0) is 11.0. The van der Waals surface area contributed by atoms with Crippen molar-refractivity contribution in [1.29, 1.82) is 0 Å². The second-order valence-corrected chi connectivity index (χ2v) is 5.63. The van der Waals surface area contributed by atoms with Crippen molar-refractivity contribution in [2.75, 3.05) is 19.0 Å². The largest absolute Gasteiger partial charge is 0.564 e. The van der Waals surface area contributed by atoms with Crippen LogP contribution < -0.4 is 0 Å². The number of rotatable bonds is 7. The molecule has 14 heavy (non-hydrogen) atoms. The zero-order valence-electron chi connectivity index (χ0n) is 8.91. The molecule has 0 atom stereocenters. The molecule has 0 aliphatic rings. The third-order valence-electron chi connectivity index (χ3n) is 1.43. The summed E-state index contributed by atoms with van der Waals surface area (Å²) < 4.78 is 15.8. The summed E-state index contributed by atoms with van der Waals surface area (Å²) in [6.07, 6.45) is 0.284. The molecule has 84 valence electrons. The summed E-state index contributed by atoms with van der Waals surface area (Å²) in [6.45, 7) is 6.37. The molecule has 0 unspecified atom stereocenters. The highest BCUT2D eigenvalue weighted by Crippen LogP contribution is 2.10. The van der Waals surface area contributed by atoms with E-state index in [9.17, 15) is 4.79 Å². The van der Waals surface area contributed by atoms with Crippen LogP contribution in [0.2, 0.25) is 6.55 Å². The Balaban J connectivity index is 4.12. The highest BCUT2D eigenvalue weighted by molar-refractivity contribution is 7.80. The van der Waals surface area contributed by atoms with Gasteiger partial charge in [-0.25, -0.2) is 0 Å². The molecule has 0 N–H and O–H groups in total. The number of carbonyl (C=O) groups is 1. The van der Waals surface area contributed by atoms with Crippen LogP contribution in [-0.2, 0) is 18.1 Å². The lowest BCUT2D eigenvalue weighted by molar-refractivity contribution is -0.138. The molecular formula is C8H18O4SSi. The first-order chi connectivity index (χ1) is 6.58. The number of carbonyl (C=O) groups excluding carboxylic acids is 1. The minimum atomic E-state index is -2.73. The molecule has 0 rings (SSSR count). The Hall–Kier alpha value is -0.0431. The van der Waals surface area contributed by atoms with E-state index in [1.54, 1.807) is 6.55 Å². The van der Waals surface area contributed by atoms with Crippen molar-refractivity contribution < 1.29 is 18.1 Å². The lowest BCUT2D eigenvalue weighted by Crippen LogP contribution is -2.44. The highest BCUT2D eigenvalue weighted by Gasteiger charge is 2.38. The summed E-state index contributed by atoms with van der Waals surface area (Å²) in [4.78, 5) is 11.2. The van der Waals surface area contributed by atoms with Crippen LogP contribution in [0.4, 0.5) is 0 Å². The van der Waals surface area contributed by atoms with Gasteiger partial charge in [0, 0.05) is 25.5 Å². The van der Waals surface area contributed by atoms with Crippen molar-refractivity contribution in [3.63, 3.8) is 0 Å². The predicted octanol–water partition coefficient (Wildman–Crippen LogP) is 1.49. The fourth-order valence-corrected chi connectivity index (χ4v) is 2.92. The average molecular weight is 238 g/mol. The minimum absolute atomic E-state index is 0.284. The number of thiol groups is 1. The first-order valence-electron chi connectivity index (χ1n) is 4.68. The van der Waals surface area contributed by atoms with Crippen molar-refractivity contribution in [3.05, 3.63) is 0 Å². The molecule has 6 heteroatoms. The van der Waals surface area contributed by atoms with Gasteiger partial charge in [-0.3, -0.25) is 4.79 Å². The summed E-state index contributed by atoms with van der Waals surface area (Å²) in [5.41, 5.74) is 0. The van der Waals surface area contributed by atoms with Crippen molar-refractivity contribution in [2.45, 2.75) is 26.8 Å². The van der Waals surface area contributed by atoms with E-state index in [2.05, 4.69) is 12.6 Å². The van der Waals surface area contributed by atoms with Crippen LogP contribution in [-0.4, -0.2) is 33.7 Å². The maximum Gasteiger partial charge on any atom is 0.564 e. The lowest BCUT2D eigenvalue weighted by atomic mass is 10.5. The lowest BCUT2D eigenvalue weighted by Gasteiger charge is -2.24. The monoisotopic (exact) mass is 238 g/mol. The van der Waals surface area contributed by atoms with E-state index in [0.717, 1.165) is 0 Å². The molecule has 0 amide bonds. The molecule has 0 saturated carbocycles. The normalized spacial score (nSPS) is 11.4. The van der Waals surface area contributed by atoms with Crippen molar-refractivity contribution >= 4 is 27.4 Å². The van der Waals surface area contributed by atoms with Crippen molar-refractivity contribution in [2.24, 2.45) is 0 Å². The second kappa shape index (κ2) is 7.28. The summed E-state index contributed by atoms with van der Waals surface area (Å²) in [5, 5.41) is 0. The maximum absolute atomic E-state index is 11.2. The van der Waals surface area contributed by atoms with E-state index < -0.39 is 8.80 Å². The van der Waals surface area contributed by atoms with Crippen LogP contribution in [0.25, 0.3) is 0 Å². The zero-order valence-corrected chi connectivity index (χ0v) is 10.8. The molecule has 0 fully saturated rings. The highest BCUT2D eigenvalue weighted by atomic mass is 32.1. The van der Waals surface area contributed by atoms with Gasteiger partial charge in [0.05, 0.1) is 6.42 Å². The van der Waals surface area contributed by atoms with E-state index in [-0.39, 0.29) is 12.4 Å². The molecule has 0 saturated heterocycles. The smallest absolute Gasteiger partial charge is 0.473 e. The standard InChI is InChI=1S/C8H18O4SSi/c1-4-10-14(3,11-5-2)12-8(9)6-7-13/h13H,4-7H2,1-3H3. The molecule has 0 radical (unpaired) electrons. The Morgan fingerprint density at radius 3 is 2.14 bits per heavy atom. The Labute approximate surface area is 91.7 Å². The first-order valence-corrected chi connectivity index (χ1v) is 7.54. The molecule has 0 heterocycles. The Bertz CT molecular complexity index is 171. The summed E-state index contributed by atoms with van der Waals surface area (Å²) >= 11 is 3.95. The fourth-order valence-electron chi connectivity index (χ4n) is 0.974. The van der Waals surface area contributed by atoms with Gasteiger partial charge < -0.3 is 13.3 Å². The molecule has 0 aromatic heterocycles. The SMILES string of the molecule is CCO[Si](C)(OCC)OC(=O)CCS. The second-order valence-electron chi connectivity index (χ2n) is 2.68. The Morgan fingerprint density at radius 2 is 1.79 bits per heavy atom. The third kappa shape index (κ3) is 5.64. The summed E-state index contributed by atoms with van der Waals surface area (Å²) in [5.74, 6) is 0.165. The van der Waals surface area contributed by atoms with Crippen LogP contribution in [0, 0.1) is 0 Å². The number of hydrogen-bond acceptors (Lipinski definition) is 5. The average Bonchev–Trinajstić information content (AvgIpc) is 2.04. The van der Waals surface area contributed by atoms with Crippen LogP contribution >= 0.6 is 12.6 Å². The van der Waals surface area contributed by atoms with Gasteiger partial charge in [-0.05, 0) is 13.8 Å². The molecule has 0 bridgehead atoms. The fraction of sp³-hybridized carbons (Fsp3) is 0.875. The Morgan fingerprint density at radius 1 is 1.29 bits per heavy atom. The third-order valence-corrected chi connectivity index (χ3v) is 3.88. The maximum atomic E-state index is 11.2. The quantitative estimate of drug-likeness (QED) is 0.539. The molecule has 4 nitrogen and oxygen atoms in total. The van der Waals surface area contributed by atoms with Gasteiger partial charge in [0.2, 0.25) is 0 Å². The van der Waals surface area contributed by atoms with E-state index >= 15 is 0 Å². The van der Waals surface area contributed by atoms with Crippen LogP contribution in [0.1, 0.15) is 20.3 Å². The molecule has 0 aromatic rings. The van der Waals surface area contributed by atoms with Gasteiger partial charge in [0.25, 0.3) is 5.97 Å². The van der Waals surface area contributed by atoms with E-state index in [1.165, 1.54) is 0 Å². The van der Waals surface area contributed by atoms with Crippen LogP contribution in [0.15, 0.2) is 0 Å². The van der Waals surface area contributed by atoms with Crippen LogP contribution in [0.3, 0.4) is 0 Å². The van der Waals surface area contributed by atoms with Gasteiger partial charge >= 0.3 is 8.80 Å². The minimum Gasteiger partial charge on any atom is -0.473 e. The summed E-state index contributed by atoms with van der Waals surface area (Å²) in [7, 11) is -2.73. The predicted molar refractivity (Wildman–Crippen MR) is 59.4 cm³/mol. The van der Waals surface area contributed by atoms with Crippen LogP contribution in [0.5, 0.6) is 0 Å². The first kappa shape index (κ1) is 14.0. The van der Waals surface area contributed by atoms with Gasteiger partial charge in [-0.1, -0.05) is 0 Å². The van der Waals surface area contributed by atoms with Gasteiger partial charge in [0.15, 0.2) is 0 Å². The molecular weight excluding hydrogens is 220 g/mol. The molecule has 0 spiro atoms. The molecule has 0 aliphatic carbocycles. The molecule has 0 aromatic carbocycles. The van der Waals surface area contributed by atoms with E-state index in [1.807, 2.05) is 13.8 Å². The van der Waals surface area contributed by atoms with Crippen molar-refractivity contribution in [1.82, 2.24) is 0 Å². The van der Waals surface area contributed by atoms with Crippen molar-refractivity contribution in [3.8, 4) is 0 Å². The van der Waals surface area contributed by atoms with E-state index in [4.69, 9.17) is 13.3 Å². The number of hydrogen-bond donors (Lipinski definition) is 1. The van der Waals surface area contributed by atoms with Gasteiger partial charge in [-0.15, -0.1) is 0 Å². The Kier molecular flexibility index (Phi) is 7.25. The van der Waals surface area contributed by atoms with Gasteiger partial charge in [0.1, 0.15) is 0 Å². The van der Waals surface area contributed by atoms with E-state index in [0.29, 0.717) is 19.0 Å².